The molecule has 0 radical (unpaired) electrons. The molecule has 2 heteroatoms. The second-order valence-corrected chi connectivity index (χ2v) is 3.85. The van der Waals surface area contributed by atoms with Gasteiger partial charge in [0.1, 0.15) is 5.78 Å². The SMILES string of the molecule is CNC1CCCCC1CC(C)=O. The van der Waals surface area contributed by atoms with Gasteiger partial charge in [0.25, 0.3) is 0 Å². The van der Waals surface area contributed by atoms with Crippen LogP contribution in [0, 0.1) is 5.92 Å². The Bertz CT molecular complexity index is 156. The van der Waals surface area contributed by atoms with Gasteiger partial charge in [-0.1, -0.05) is 12.8 Å². The van der Waals surface area contributed by atoms with Gasteiger partial charge in [0.15, 0.2) is 0 Å². The van der Waals surface area contributed by atoms with Crippen LogP contribution in [0.25, 0.3) is 0 Å². The van der Waals surface area contributed by atoms with E-state index in [0.717, 1.165) is 6.42 Å². The summed E-state index contributed by atoms with van der Waals surface area (Å²) in [6.07, 6.45) is 5.86. The molecule has 0 aromatic rings. The molecule has 1 fully saturated rings. The van der Waals surface area contributed by atoms with Gasteiger partial charge in [0.2, 0.25) is 0 Å². The first-order valence-corrected chi connectivity index (χ1v) is 4.90. The minimum atomic E-state index is 0.335. The number of rotatable bonds is 3. The Morgan fingerprint density at radius 2 is 2.08 bits per heavy atom. The maximum Gasteiger partial charge on any atom is 0.130 e. The fourth-order valence-corrected chi connectivity index (χ4v) is 2.20. The fourth-order valence-electron chi connectivity index (χ4n) is 2.20. The van der Waals surface area contributed by atoms with Gasteiger partial charge in [-0.05, 0) is 32.7 Å². The van der Waals surface area contributed by atoms with E-state index in [4.69, 9.17) is 0 Å². The van der Waals surface area contributed by atoms with Crippen molar-refractivity contribution in [2.75, 3.05) is 7.05 Å². The summed E-state index contributed by atoms with van der Waals surface area (Å²) in [6, 6.07) is 0.586. The van der Waals surface area contributed by atoms with E-state index in [2.05, 4.69) is 5.32 Å². The summed E-state index contributed by atoms with van der Waals surface area (Å²) in [5.41, 5.74) is 0. The first-order chi connectivity index (χ1) is 5.74. The number of ketones is 1. The Morgan fingerprint density at radius 1 is 1.42 bits per heavy atom. The van der Waals surface area contributed by atoms with E-state index in [1.807, 2.05) is 7.05 Å². The third-order valence-corrected chi connectivity index (χ3v) is 2.83. The van der Waals surface area contributed by atoms with Gasteiger partial charge in [-0.2, -0.15) is 0 Å². The minimum absolute atomic E-state index is 0.335. The number of hydrogen-bond donors (Lipinski definition) is 1. The van der Waals surface area contributed by atoms with Crippen LogP contribution in [-0.2, 0) is 4.79 Å². The smallest absolute Gasteiger partial charge is 0.130 e. The van der Waals surface area contributed by atoms with Crippen molar-refractivity contribution < 1.29 is 4.79 Å². The highest BCUT2D eigenvalue weighted by Crippen LogP contribution is 2.26. The minimum Gasteiger partial charge on any atom is -0.317 e. The summed E-state index contributed by atoms with van der Waals surface area (Å²) in [7, 11) is 2.00. The second-order valence-electron chi connectivity index (χ2n) is 3.85. The van der Waals surface area contributed by atoms with E-state index in [1.165, 1.54) is 25.7 Å². The highest BCUT2D eigenvalue weighted by atomic mass is 16.1. The second kappa shape index (κ2) is 4.61. The number of carbonyl (C=O) groups excluding carboxylic acids is 1. The molecule has 1 N–H and O–H groups in total. The molecular weight excluding hydrogens is 150 g/mol. The molecule has 2 nitrogen and oxygen atoms in total. The van der Waals surface area contributed by atoms with E-state index in [0.29, 0.717) is 17.7 Å². The Kier molecular flexibility index (Phi) is 3.73. The lowest BCUT2D eigenvalue weighted by molar-refractivity contribution is -0.118. The number of nitrogens with one attached hydrogen (secondary N) is 1. The summed E-state index contributed by atoms with van der Waals surface area (Å²) in [6.45, 7) is 1.70. The molecular formula is C10H19NO. The molecule has 2 atom stereocenters. The van der Waals surface area contributed by atoms with Crippen molar-refractivity contribution in [1.29, 1.82) is 0 Å². The van der Waals surface area contributed by atoms with Crippen molar-refractivity contribution in [1.82, 2.24) is 5.32 Å². The Hall–Kier alpha value is -0.370. The predicted octanol–water partition coefficient (Wildman–Crippen LogP) is 1.74. The molecule has 0 bridgehead atoms. The van der Waals surface area contributed by atoms with E-state index >= 15 is 0 Å². The van der Waals surface area contributed by atoms with E-state index < -0.39 is 0 Å². The van der Waals surface area contributed by atoms with Gasteiger partial charge < -0.3 is 10.1 Å². The molecule has 1 aliphatic carbocycles. The first kappa shape index (κ1) is 9.72. The Balaban J connectivity index is 2.41. The number of carbonyl (C=O) groups is 1. The zero-order chi connectivity index (χ0) is 8.97. The normalized spacial score (nSPS) is 30.2. The zero-order valence-corrected chi connectivity index (χ0v) is 8.10. The van der Waals surface area contributed by atoms with Gasteiger partial charge in [0.05, 0.1) is 0 Å². The Labute approximate surface area is 74.7 Å². The molecule has 12 heavy (non-hydrogen) atoms. The summed E-state index contributed by atoms with van der Waals surface area (Å²) in [5, 5.41) is 3.31. The highest BCUT2D eigenvalue weighted by molar-refractivity contribution is 5.75. The van der Waals surface area contributed by atoms with Gasteiger partial charge in [0, 0.05) is 12.5 Å². The maximum atomic E-state index is 10.9. The standard InChI is InChI=1S/C10H19NO/c1-8(12)7-9-5-3-4-6-10(9)11-2/h9-11H,3-7H2,1-2H3. The van der Waals surface area contributed by atoms with Crippen LogP contribution in [0.3, 0.4) is 0 Å². The molecule has 0 spiro atoms. The highest BCUT2D eigenvalue weighted by Gasteiger charge is 2.24. The number of Topliss-reactive ketones (excluding diaryl/α,β-unsaturated/α-hetero) is 1. The van der Waals surface area contributed by atoms with Crippen LogP contribution in [0.2, 0.25) is 0 Å². The third-order valence-electron chi connectivity index (χ3n) is 2.83. The Morgan fingerprint density at radius 3 is 2.67 bits per heavy atom. The lowest BCUT2D eigenvalue weighted by atomic mass is 9.82. The van der Waals surface area contributed by atoms with Crippen molar-refractivity contribution >= 4 is 5.78 Å². The topological polar surface area (TPSA) is 29.1 Å². The van der Waals surface area contributed by atoms with Crippen LogP contribution in [0.15, 0.2) is 0 Å². The maximum absolute atomic E-state index is 10.9. The largest absolute Gasteiger partial charge is 0.317 e. The summed E-state index contributed by atoms with van der Waals surface area (Å²) in [5.74, 6) is 0.934. The van der Waals surface area contributed by atoms with Crippen molar-refractivity contribution in [3.05, 3.63) is 0 Å². The van der Waals surface area contributed by atoms with Gasteiger partial charge in [-0.25, -0.2) is 0 Å². The van der Waals surface area contributed by atoms with Gasteiger partial charge >= 0.3 is 0 Å². The van der Waals surface area contributed by atoms with Gasteiger partial charge in [-0.15, -0.1) is 0 Å². The summed E-state index contributed by atoms with van der Waals surface area (Å²) < 4.78 is 0. The molecule has 0 heterocycles. The van der Waals surface area contributed by atoms with Gasteiger partial charge in [-0.3, -0.25) is 0 Å². The lowest BCUT2D eigenvalue weighted by Crippen LogP contribution is -2.36. The monoisotopic (exact) mass is 169 g/mol. The van der Waals surface area contributed by atoms with Crippen LogP contribution in [0.5, 0.6) is 0 Å². The van der Waals surface area contributed by atoms with Crippen LogP contribution in [0.4, 0.5) is 0 Å². The van der Waals surface area contributed by atoms with E-state index in [-0.39, 0.29) is 0 Å². The zero-order valence-electron chi connectivity index (χ0n) is 8.10. The third kappa shape index (κ3) is 2.59. The lowest BCUT2D eigenvalue weighted by Gasteiger charge is -2.30. The van der Waals surface area contributed by atoms with Crippen molar-refractivity contribution in [3.63, 3.8) is 0 Å². The molecule has 0 aromatic heterocycles. The molecule has 1 aliphatic rings. The molecule has 1 saturated carbocycles. The van der Waals surface area contributed by atoms with Crippen molar-refractivity contribution in [2.24, 2.45) is 5.92 Å². The molecule has 0 aliphatic heterocycles. The molecule has 0 saturated heterocycles. The average Bonchev–Trinajstić information content (AvgIpc) is 2.04. The molecule has 0 amide bonds. The van der Waals surface area contributed by atoms with Crippen molar-refractivity contribution in [3.8, 4) is 0 Å². The van der Waals surface area contributed by atoms with E-state index in [9.17, 15) is 4.79 Å². The van der Waals surface area contributed by atoms with E-state index in [1.54, 1.807) is 6.92 Å². The van der Waals surface area contributed by atoms with Crippen LogP contribution < -0.4 is 5.32 Å². The summed E-state index contributed by atoms with van der Waals surface area (Å²) in [4.78, 5) is 10.9. The number of hydrogen-bond acceptors (Lipinski definition) is 2. The molecule has 2 unspecified atom stereocenters. The average molecular weight is 169 g/mol. The summed E-state index contributed by atoms with van der Waals surface area (Å²) >= 11 is 0. The van der Waals surface area contributed by atoms with Crippen LogP contribution in [0.1, 0.15) is 39.0 Å². The van der Waals surface area contributed by atoms with Crippen LogP contribution in [-0.4, -0.2) is 18.9 Å². The first-order valence-electron chi connectivity index (χ1n) is 4.90. The molecule has 1 rings (SSSR count). The van der Waals surface area contributed by atoms with Crippen LogP contribution >= 0.6 is 0 Å². The predicted molar refractivity (Wildman–Crippen MR) is 50.1 cm³/mol. The van der Waals surface area contributed by atoms with Crippen molar-refractivity contribution in [2.45, 2.75) is 45.1 Å². The quantitative estimate of drug-likeness (QED) is 0.697. The fraction of sp³-hybridized carbons (Fsp3) is 0.900. The molecule has 0 aromatic carbocycles. The molecule has 70 valence electrons.